The molecule has 0 N–H and O–H groups in total. The van der Waals surface area contributed by atoms with Crippen molar-refractivity contribution in [1.82, 2.24) is 0 Å². The molecule has 0 radical (unpaired) electrons. The Balaban J connectivity index is 1.57. The highest BCUT2D eigenvalue weighted by atomic mass is 35.5. The Morgan fingerprint density at radius 2 is 0.947 bits per heavy atom. The molecular formula is C28H22Cl2N2O4S2. The van der Waals surface area contributed by atoms with Gasteiger partial charge < -0.3 is 0 Å². The second kappa shape index (κ2) is 9.45. The van der Waals surface area contributed by atoms with Crippen LogP contribution in [0.1, 0.15) is 24.0 Å². The van der Waals surface area contributed by atoms with Gasteiger partial charge in [-0.1, -0.05) is 59.6 Å². The van der Waals surface area contributed by atoms with E-state index < -0.39 is 20.0 Å². The van der Waals surface area contributed by atoms with E-state index in [0.29, 0.717) is 32.6 Å². The molecule has 0 aliphatic heterocycles. The second-order valence-corrected chi connectivity index (χ2v) is 13.8. The van der Waals surface area contributed by atoms with E-state index in [-0.39, 0.29) is 33.5 Å². The first-order valence-corrected chi connectivity index (χ1v) is 15.8. The molecule has 0 unspecified atom stereocenters. The summed E-state index contributed by atoms with van der Waals surface area (Å²) in [5, 5.41) is 0.856. The maximum Gasteiger partial charge on any atom is 0.282 e. The maximum absolute atomic E-state index is 13.4. The summed E-state index contributed by atoms with van der Waals surface area (Å²) in [6, 6.07) is 19.0. The van der Waals surface area contributed by atoms with Crippen LogP contribution in [0.5, 0.6) is 0 Å². The number of hydrogen-bond donors (Lipinski definition) is 0. The summed E-state index contributed by atoms with van der Waals surface area (Å²) >= 11 is 11.9. The third-order valence-electron chi connectivity index (χ3n) is 7.52. The Bertz CT molecular complexity index is 1600. The van der Waals surface area contributed by atoms with Gasteiger partial charge in [0.1, 0.15) is 0 Å². The average molecular weight is 586 g/mol. The van der Waals surface area contributed by atoms with Crippen molar-refractivity contribution in [2.75, 3.05) is 0 Å². The van der Waals surface area contributed by atoms with Crippen molar-refractivity contribution in [3.8, 4) is 0 Å². The highest BCUT2D eigenvalue weighted by Crippen LogP contribution is 2.51. The monoisotopic (exact) mass is 584 g/mol. The molecule has 1 fully saturated rings. The second-order valence-electron chi connectivity index (χ2n) is 9.70. The highest BCUT2D eigenvalue weighted by Gasteiger charge is 2.50. The van der Waals surface area contributed by atoms with Crippen molar-refractivity contribution in [3.05, 3.63) is 106 Å². The van der Waals surface area contributed by atoms with E-state index in [4.69, 9.17) is 23.2 Å². The lowest BCUT2D eigenvalue weighted by atomic mass is 9.55. The van der Waals surface area contributed by atoms with E-state index in [1.54, 1.807) is 24.3 Å². The van der Waals surface area contributed by atoms with Gasteiger partial charge in [-0.05, 0) is 73.2 Å². The normalized spacial score (nSPS) is 26.4. The molecule has 3 aromatic carbocycles. The lowest BCUT2D eigenvalue weighted by Crippen LogP contribution is -2.49. The number of sulfonamides is 2. The number of benzene rings is 3. The zero-order chi connectivity index (χ0) is 26.7. The van der Waals surface area contributed by atoms with Gasteiger partial charge >= 0.3 is 0 Å². The van der Waals surface area contributed by atoms with Crippen molar-refractivity contribution in [2.24, 2.45) is 32.5 Å². The molecule has 0 amide bonds. The van der Waals surface area contributed by atoms with Crippen LogP contribution in [0.15, 0.2) is 104 Å². The molecule has 4 atom stereocenters. The minimum absolute atomic E-state index is 0.0148. The minimum Gasteiger partial charge on any atom is -0.199 e. The van der Waals surface area contributed by atoms with Gasteiger partial charge in [-0.2, -0.15) is 25.6 Å². The molecule has 0 spiro atoms. The van der Waals surface area contributed by atoms with Crippen LogP contribution < -0.4 is 0 Å². The SMILES string of the molecule is O=S(=O)(N=C1c2ccccc2C(=NS(=O)(=O)c2ccc(Cl)cc2)[C@H]2[C@@H]1[C@@H]1C=C[C@H]2CC1)c1ccc(Cl)cc1. The molecule has 2 bridgehead atoms. The smallest absolute Gasteiger partial charge is 0.199 e. The van der Waals surface area contributed by atoms with Crippen LogP contribution in [0, 0.1) is 23.7 Å². The van der Waals surface area contributed by atoms with Crippen LogP contribution in [0.4, 0.5) is 0 Å². The fraction of sp³-hybridized carbons (Fsp3) is 0.214. The standard InChI is InChI=1S/C28H22Cl2N2O4S2/c29-19-9-13-21(14-10-19)37(33,34)31-27-23-3-1-2-4-24(23)28(26-18-7-5-17(6-8-18)25(26)27)32-38(35,36)22-15-11-20(30)12-16-22/h1-5,7,9-18,25-26H,6,8H2/t17-,18+,25+,26-. The summed E-state index contributed by atoms with van der Waals surface area (Å²) in [6.45, 7) is 0. The van der Waals surface area contributed by atoms with E-state index in [2.05, 4.69) is 20.9 Å². The number of hydrogen-bond acceptors (Lipinski definition) is 4. The summed E-state index contributed by atoms with van der Waals surface area (Å²) in [7, 11) is -8.10. The topological polar surface area (TPSA) is 93.0 Å². The molecule has 0 heterocycles. The highest BCUT2D eigenvalue weighted by molar-refractivity contribution is 7.90. The van der Waals surface area contributed by atoms with E-state index in [9.17, 15) is 16.8 Å². The quantitative estimate of drug-likeness (QED) is 0.342. The minimum atomic E-state index is -4.05. The van der Waals surface area contributed by atoms with Gasteiger partial charge in [0.05, 0.1) is 21.2 Å². The Labute approximate surface area is 231 Å². The molecule has 7 rings (SSSR count). The molecule has 4 aliphatic carbocycles. The Kier molecular flexibility index (Phi) is 6.34. The maximum atomic E-state index is 13.4. The third kappa shape index (κ3) is 4.43. The molecular weight excluding hydrogens is 563 g/mol. The summed E-state index contributed by atoms with van der Waals surface area (Å²) in [6.07, 6.45) is 5.95. The fourth-order valence-corrected chi connectivity index (χ4v) is 8.21. The van der Waals surface area contributed by atoms with Crippen molar-refractivity contribution >= 4 is 54.7 Å². The number of rotatable bonds is 4. The van der Waals surface area contributed by atoms with E-state index in [1.807, 2.05) is 0 Å². The molecule has 1 saturated carbocycles. The van der Waals surface area contributed by atoms with Gasteiger partial charge in [-0.15, -0.1) is 0 Å². The van der Waals surface area contributed by atoms with Gasteiger partial charge in [-0.25, -0.2) is 0 Å². The van der Waals surface area contributed by atoms with Crippen LogP contribution in [-0.4, -0.2) is 28.3 Å². The van der Waals surface area contributed by atoms with Crippen molar-refractivity contribution < 1.29 is 16.8 Å². The van der Waals surface area contributed by atoms with E-state index in [1.165, 1.54) is 48.5 Å². The van der Waals surface area contributed by atoms with Crippen LogP contribution in [0.2, 0.25) is 10.0 Å². The van der Waals surface area contributed by atoms with Crippen molar-refractivity contribution in [3.63, 3.8) is 0 Å². The molecule has 0 saturated heterocycles. The predicted octanol–water partition coefficient (Wildman–Crippen LogP) is 6.19. The molecule has 3 aromatic rings. The first-order chi connectivity index (χ1) is 18.1. The first-order valence-electron chi connectivity index (χ1n) is 12.1. The van der Waals surface area contributed by atoms with Crippen molar-refractivity contribution in [1.29, 1.82) is 0 Å². The number of nitrogens with zero attached hydrogens (tertiary/aromatic N) is 2. The van der Waals surface area contributed by atoms with E-state index >= 15 is 0 Å². The van der Waals surface area contributed by atoms with Gasteiger partial charge in [0.15, 0.2) is 0 Å². The number of allylic oxidation sites excluding steroid dienone is 2. The van der Waals surface area contributed by atoms with E-state index in [0.717, 1.165) is 12.8 Å². The van der Waals surface area contributed by atoms with Crippen LogP contribution in [0.3, 0.4) is 0 Å². The Morgan fingerprint density at radius 1 is 0.579 bits per heavy atom. The van der Waals surface area contributed by atoms with Gasteiger partial charge in [-0.3, -0.25) is 0 Å². The fourth-order valence-electron chi connectivity index (χ4n) is 5.83. The van der Waals surface area contributed by atoms with Crippen LogP contribution in [0.25, 0.3) is 0 Å². The third-order valence-corrected chi connectivity index (χ3v) is 10.6. The summed E-state index contributed by atoms with van der Waals surface area (Å²) < 4.78 is 62.6. The number of fused-ring (bicyclic) bond motifs is 2. The molecule has 194 valence electrons. The molecule has 4 aliphatic rings. The Morgan fingerprint density at radius 3 is 1.29 bits per heavy atom. The lowest BCUT2D eigenvalue weighted by Gasteiger charge is -2.48. The van der Waals surface area contributed by atoms with Gasteiger partial charge in [0.25, 0.3) is 20.0 Å². The molecule has 0 aromatic heterocycles. The Hall–Kier alpha value is -2.78. The lowest BCUT2D eigenvalue weighted by molar-refractivity contribution is 0.226. The first kappa shape index (κ1) is 25.5. The van der Waals surface area contributed by atoms with Crippen LogP contribution in [-0.2, 0) is 20.0 Å². The zero-order valence-electron chi connectivity index (χ0n) is 19.9. The summed E-state index contributed by atoms with van der Waals surface area (Å²) in [5.41, 5.74) is 2.06. The molecule has 10 heteroatoms. The van der Waals surface area contributed by atoms with Gasteiger partial charge in [0, 0.05) is 33.0 Å². The van der Waals surface area contributed by atoms with Crippen LogP contribution >= 0.6 is 23.2 Å². The van der Waals surface area contributed by atoms with Gasteiger partial charge in [0.2, 0.25) is 0 Å². The average Bonchev–Trinajstić information content (AvgIpc) is 2.91. The molecule has 6 nitrogen and oxygen atoms in total. The molecule has 38 heavy (non-hydrogen) atoms. The number of halogens is 2. The zero-order valence-corrected chi connectivity index (χ0v) is 23.1. The summed E-state index contributed by atoms with van der Waals surface area (Å²) in [5.74, 6) is -0.619. The predicted molar refractivity (Wildman–Crippen MR) is 149 cm³/mol. The largest absolute Gasteiger partial charge is 0.282 e. The van der Waals surface area contributed by atoms with Crippen molar-refractivity contribution in [2.45, 2.75) is 22.6 Å². The summed E-state index contributed by atoms with van der Waals surface area (Å²) in [4.78, 5) is 0.0921.